The lowest BCUT2D eigenvalue weighted by molar-refractivity contribution is 0.590. The molecule has 26 heavy (non-hydrogen) atoms. The van der Waals surface area contributed by atoms with Gasteiger partial charge in [-0.25, -0.2) is 0 Å². The van der Waals surface area contributed by atoms with Gasteiger partial charge < -0.3 is 0 Å². The Morgan fingerprint density at radius 3 is 1.92 bits per heavy atom. The predicted octanol–water partition coefficient (Wildman–Crippen LogP) is 7.47. The first-order chi connectivity index (χ1) is 12.5. The van der Waals surface area contributed by atoms with E-state index < -0.39 is 0 Å². The summed E-state index contributed by atoms with van der Waals surface area (Å²) in [5, 5.41) is 2.58. The number of benzene rings is 4. The van der Waals surface area contributed by atoms with Crippen molar-refractivity contribution in [2.45, 2.75) is 26.2 Å². The van der Waals surface area contributed by atoms with Crippen LogP contribution in [-0.4, -0.2) is 0 Å². The zero-order valence-electron chi connectivity index (χ0n) is 15.7. The van der Waals surface area contributed by atoms with Gasteiger partial charge in [0.2, 0.25) is 0 Å². The monoisotopic (exact) mass is 336 g/mol. The highest BCUT2D eigenvalue weighted by Crippen LogP contribution is 2.33. The first-order valence-corrected chi connectivity index (χ1v) is 9.21. The third-order valence-corrected chi connectivity index (χ3v) is 5.05. The molecule has 0 radical (unpaired) electrons. The van der Waals surface area contributed by atoms with E-state index in [0.29, 0.717) is 0 Å². The van der Waals surface area contributed by atoms with Crippen LogP contribution in [0.3, 0.4) is 0 Å². The van der Waals surface area contributed by atoms with Crippen LogP contribution in [0.5, 0.6) is 0 Å². The van der Waals surface area contributed by atoms with E-state index in [9.17, 15) is 0 Å². The minimum Gasteiger partial charge on any atom is -0.0622 e. The van der Waals surface area contributed by atoms with Crippen molar-refractivity contribution in [3.05, 3.63) is 96.6 Å². The lowest BCUT2D eigenvalue weighted by Gasteiger charge is -2.19. The third kappa shape index (κ3) is 3.15. The molecule has 0 saturated carbocycles. The van der Waals surface area contributed by atoms with Crippen LogP contribution in [0.25, 0.3) is 33.0 Å². The van der Waals surface area contributed by atoms with Gasteiger partial charge in [-0.1, -0.05) is 106 Å². The molecule has 0 atom stereocenters. The van der Waals surface area contributed by atoms with Gasteiger partial charge in [0.25, 0.3) is 0 Å². The van der Waals surface area contributed by atoms with Crippen LogP contribution in [0.15, 0.2) is 91.0 Å². The summed E-state index contributed by atoms with van der Waals surface area (Å²) >= 11 is 0. The van der Waals surface area contributed by atoms with Crippen molar-refractivity contribution in [1.29, 1.82) is 0 Å². The molecule has 0 unspecified atom stereocenters. The van der Waals surface area contributed by atoms with Gasteiger partial charge >= 0.3 is 0 Å². The number of rotatable bonds is 2. The van der Waals surface area contributed by atoms with Gasteiger partial charge in [0.05, 0.1) is 0 Å². The summed E-state index contributed by atoms with van der Waals surface area (Å²) in [5.74, 6) is 0. The fraction of sp³-hybridized carbons (Fsp3) is 0.154. The molecule has 128 valence electrons. The van der Waals surface area contributed by atoms with Crippen LogP contribution >= 0.6 is 0 Å². The molecule has 4 rings (SSSR count). The van der Waals surface area contributed by atoms with E-state index in [1.54, 1.807) is 0 Å². The maximum Gasteiger partial charge on any atom is -0.00992 e. The molecule has 0 nitrogen and oxygen atoms in total. The fourth-order valence-electron chi connectivity index (χ4n) is 3.48. The smallest absolute Gasteiger partial charge is 0.00992 e. The van der Waals surface area contributed by atoms with E-state index in [0.717, 1.165) is 0 Å². The summed E-state index contributed by atoms with van der Waals surface area (Å²) < 4.78 is 0. The summed E-state index contributed by atoms with van der Waals surface area (Å²) in [5.41, 5.74) is 6.63. The van der Waals surface area contributed by atoms with E-state index in [-0.39, 0.29) is 5.41 Å². The Morgan fingerprint density at radius 2 is 1.23 bits per heavy atom. The number of fused-ring (bicyclic) bond motifs is 1. The lowest BCUT2D eigenvalue weighted by atomic mass is 9.86. The Kier molecular flexibility index (Phi) is 4.12. The highest BCUT2D eigenvalue weighted by molar-refractivity contribution is 5.99. The summed E-state index contributed by atoms with van der Waals surface area (Å²) in [7, 11) is 0. The van der Waals surface area contributed by atoms with Crippen molar-refractivity contribution in [3.8, 4) is 22.3 Å². The number of hydrogen-bond acceptors (Lipinski definition) is 0. The average Bonchev–Trinajstić information content (AvgIpc) is 2.67. The molecule has 0 spiro atoms. The van der Waals surface area contributed by atoms with E-state index in [2.05, 4.69) is 112 Å². The Bertz CT molecular complexity index is 1030. The summed E-state index contributed by atoms with van der Waals surface area (Å²) in [6.07, 6.45) is 0. The van der Waals surface area contributed by atoms with Gasteiger partial charge in [0.15, 0.2) is 0 Å². The van der Waals surface area contributed by atoms with Gasteiger partial charge in [-0.3, -0.25) is 0 Å². The summed E-state index contributed by atoms with van der Waals surface area (Å²) in [4.78, 5) is 0. The van der Waals surface area contributed by atoms with Crippen LogP contribution in [-0.2, 0) is 5.41 Å². The summed E-state index contributed by atoms with van der Waals surface area (Å²) in [6, 6.07) is 32.9. The molecule has 0 fully saturated rings. The van der Waals surface area contributed by atoms with Crippen LogP contribution in [0.4, 0.5) is 0 Å². The topological polar surface area (TPSA) is 0 Å². The summed E-state index contributed by atoms with van der Waals surface area (Å²) in [6.45, 7) is 6.76. The predicted molar refractivity (Wildman–Crippen MR) is 114 cm³/mol. The molecule has 0 saturated heterocycles. The largest absolute Gasteiger partial charge is 0.0622 e. The minimum absolute atomic E-state index is 0.183. The SMILES string of the molecule is CC(C)(C)c1ccc(-c2ccc3cccc(-c4ccccc4)c3c2)cc1. The zero-order valence-corrected chi connectivity index (χ0v) is 15.7. The van der Waals surface area contributed by atoms with Gasteiger partial charge in [-0.15, -0.1) is 0 Å². The Morgan fingerprint density at radius 1 is 0.538 bits per heavy atom. The Balaban J connectivity index is 1.83. The molecule has 4 aromatic carbocycles. The molecule has 0 aromatic heterocycles. The first kappa shape index (κ1) is 16.6. The van der Waals surface area contributed by atoms with Gasteiger partial charge in [0.1, 0.15) is 0 Å². The van der Waals surface area contributed by atoms with Crippen LogP contribution < -0.4 is 0 Å². The maximum absolute atomic E-state index is 2.32. The quantitative estimate of drug-likeness (QED) is 0.356. The zero-order chi connectivity index (χ0) is 18.1. The van der Waals surface area contributed by atoms with Crippen LogP contribution in [0.2, 0.25) is 0 Å². The van der Waals surface area contributed by atoms with Crippen molar-refractivity contribution in [3.63, 3.8) is 0 Å². The molecule has 0 aliphatic rings. The number of hydrogen-bond donors (Lipinski definition) is 0. The molecular formula is C26H24. The minimum atomic E-state index is 0.183. The van der Waals surface area contributed by atoms with E-state index >= 15 is 0 Å². The molecule has 0 amide bonds. The van der Waals surface area contributed by atoms with Crippen molar-refractivity contribution in [1.82, 2.24) is 0 Å². The second-order valence-corrected chi connectivity index (χ2v) is 7.93. The van der Waals surface area contributed by atoms with E-state index in [1.165, 1.54) is 38.6 Å². The van der Waals surface area contributed by atoms with E-state index in [4.69, 9.17) is 0 Å². The lowest BCUT2D eigenvalue weighted by Crippen LogP contribution is -2.10. The first-order valence-electron chi connectivity index (χ1n) is 9.21. The molecule has 0 bridgehead atoms. The second kappa shape index (κ2) is 6.46. The van der Waals surface area contributed by atoms with Gasteiger partial charge in [-0.2, -0.15) is 0 Å². The molecule has 0 heterocycles. The van der Waals surface area contributed by atoms with Crippen molar-refractivity contribution < 1.29 is 0 Å². The molecular weight excluding hydrogens is 312 g/mol. The molecule has 0 aliphatic heterocycles. The highest BCUT2D eigenvalue weighted by Gasteiger charge is 2.13. The average molecular weight is 336 g/mol. The fourth-order valence-corrected chi connectivity index (χ4v) is 3.48. The van der Waals surface area contributed by atoms with Crippen molar-refractivity contribution in [2.24, 2.45) is 0 Å². The molecule has 0 aliphatic carbocycles. The van der Waals surface area contributed by atoms with Gasteiger partial charge in [0, 0.05) is 0 Å². The standard InChI is InChI=1S/C26H24/c1-26(2,3)23-16-14-19(15-17-23)22-13-12-21-10-7-11-24(25(21)18-22)20-8-5-4-6-9-20/h4-18H,1-3H3. The highest BCUT2D eigenvalue weighted by atomic mass is 14.2. The maximum atomic E-state index is 2.32. The normalized spacial score (nSPS) is 11.7. The molecule has 4 aromatic rings. The van der Waals surface area contributed by atoms with Crippen molar-refractivity contribution >= 4 is 10.8 Å². The molecule has 0 heteroatoms. The second-order valence-electron chi connectivity index (χ2n) is 7.93. The Labute approximate surface area is 156 Å². The molecule has 0 N–H and O–H groups in total. The van der Waals surface area contributed by atoms with Crippen LogP contribution in [0.1, 0.15) is 26.3 Å². The Hall–Kier alpha value is -2.86. The van der Waals surface area contributed by atoms with Crippen molar-refractivity contribution in [2.75, 3.05) is 0 Å². The van der Waals surface area contributed by atoms with Gasteiger partial charge in [-0.05, 0) is 50.1 Å². The third-order valence-electron chi connectivity index (χ3n) is 5.05. The van der Waals surface area contributed by atoms with Crippen LogP contribution in [0, 0.1) is 0 Å². The van der Waals surface area contributed by atoms with E-state index in [1.807, 2.05) is 0 Å².